The maximum absolute atomic E-state index is 12.6. The Morgan fingerprint density at radius 2 is 1.89 bits per heavy atom. The fraction of sp³-hybridized carbons (Fsp3) is 0.333. The number of rotatable bonds is 5. The van der Waals surface area contributed by atoms with E-state index in [1.165, 1.54) is 12.8 Å². The lowest BCUT2D eigenvalue weighted by Crippen LogP contribution is -2.19. The molecule has 0 unspecified atom stereocenters. The zero-order valence-corrected chi connectivity index (χ0v) is 15.8. The largest absolute Gasteiger partial charge is 0.359 e. The number of carbonyl (C=O) groups is 2. The van der Waals surface area contributed by atoms with Crippen molar-refractivity contribution in [2.75, 3.05) is 12.4 Å². The summed E-state index contributed by atoms with van der Waals surface area (Å²) in [5, 5.41) is 5.46. The van der Waals surface area contributed by atoms with E-state index in [0.717, 1.165) is 29.6 Å². The molecule has 2 heterocycles. The summed E-state index contributed by atoms with van der Waals surface area (Å²) in [7, 11) is 1.61. The quantitative estimate of drug-likeness (QED) is 0.715. The van der Waals surface area contributed by atoms with E-state index in [0.29, 0.717) is 23.7 Å². The Labute approximate surface area is 163 Å². The van der Waals surface area contributed by atoms with Gasteiger partial charge in [0, 0.05) is 25.0 Å². The van der Waals surface area contributed by atoms with Gasteiger partial charge in [-0.15, -0.1) is 0 Å². The summed E-state index contributed by atoms with van der Waals surface area (Å²) in [6.07, 6.45) is 8.55. The first-order valence-electron chi connectivity index (χ1n) is 9.57. The maximum Gasteiger partial charge on any atom is 0.257 e. The summed E-state index contributed by atoms with van der Waals surface area (Å²) in [6, 6.07) is 9.48. The standard InChI is InChI=1S/C21H23N5O2/c1-22-19(27)10-14-6-8-16(9-7-14)25-21(28)15-11-18-20(23-12-15)26(13-24-18)17-4-2-3-5-17/h6-9,11-13,17H,2-5,10H2,1H3,(H,22,27)(H,25,28). The number of amides is 2. The molecular formula is C21H23N5O2. The number of nitrogens with one attached hydrogen (secondary N) is 2. The summed E-state index contributed by atoms with van der Waals surface area (Å²) in [5.41, 5.74) is 3.60. The number of pyridine rings is 1. The van der Waals surface area contributed by atoms with Crippen LogP contribution in [0.1, 0.15) is 47.6 Å². The molecule has 7 nitrogen and oxygen atoms in total. The highest BCUT2D eigenvalue weighted by Gasteiger charge is 2.20. The molecule has 4 rings (SSSR count). The summed E-state index contributed by atoms with van der Waals surface area (Å²) in [4.78, 5) is 32.9. The number of benzene rings is 1. The number of anilines is 1. The average molecular weight is 377 g/mol. The average Bonchev–Trinajstić information content (AvgIpc) is 3.38. The van der Waals surface area contributed by atoms with E-state index in [2.05, 4.69) is 25.2 Å². The fourth-order valence-corrected chi connectivity index (χ4v) is 3.68. The van der Waals surface area contributed by atoms with Gasteiger partial charge < -0.3 is 15.2 Å². The van der Waals surface area contributed by atoms with Crippen LogP contribution in [-0.2, 0) is 11.2 Å². The SMILES string of the molecule is CNC(=O)Cc1ccc(NC(=O)c2cnc3c(c2)ncn3C2CCCC2)cc1. The lowest BCUT2D eigenvalue weighted by molar-refractivity contribution is -0.119. The molecule has 0 atom stereocenters. The summed E-state index contributed by atoms with van der Waals surface area (Å²) in [6.45, 7) is 0. The number of fused-ring (bicyclic) bond motifs is 1. The molecule has 0 spiro atoms. The molecular weight excluding hydrogens is 354 g/mol. The highest BCUT2D eigenvalue weighted by atomic mass is 16.2. The summed E-state index contributed by atoms with van der Waals surface area (Å²) < 4.78 is 2.13. The van der Waals surface area contributed by atoms with Crippen LogP contribution in [0, 0.1) is 0 Å². The predicted octanol–water partition coefficient (Wildman–Crippen LogP) is 3.09. The van der Waals surface area contributed by atoms with E-state index >= 15 is 0 Å². The van der Waals surface area contributed by atoms with Gasteiger partial charge in [0.25, 0.3) is 5.91 Å². The molecule has 2 amide bonds. The maximum atomic E-state index is 12.6. The van der Waals surface area contributed by atoms with Crippen LogP contribution in [0.3, 0.4) is 0 Å². The van der Waals surface area contributed by atoms with Crippen molar-refractivity contribution in [2.24, 2.45) is 0 Å². The zero-order chi connectivity index (χ0) is 19.5. The number of aromatic nitrogens is 3. The molecule has 1 fully saturated rings. The molecule has 1 aromatic carbocycles. The van der Waals surface area contributed by atoms with Crippen molar-refractivity contribution in [3.63, 3.8) is 0 Å². The first kappa shape index (κ1) is 18.2. The first-order valence-corrected chi connectivity index (χ1v) is 9.57. The fourth-order valence-electron chi connectivity index (χ4n) is 3.68. The molecule has 28 heavy (non-hydrogen) atoms. The molecule has 1 saturated carbocycles. The molecule has 0 saturated heterocycles. The molecule has 0 radical (unpaired) electrons. The van der Waals surface area contributed by atoms with Crippen LogP contribution in [-0.4, -0.2) is 33.4 Å². The lowest BCUT2D eigenvalue weighted by atomic mass is 10.1. The van der Waals surface area contributed by atoms with Gasteiger partial charge >= 0.3 is 0 Å². The van der Waals surface area contributed by atoms with Gasteiger partial charge in [0.2, 0.25) is 5.91 Å². The Bertz CT molecular complexity index is 1000. The molecule has 0 aliphatic heterocycles. The van der Waals surface area contributed by atoms with Crippen LogP contribution >= 0.6 is 0 Å². The van der Waals surface area contributed by atoms with Crippen molar-refractivity contribution >= 4 is 28.7 Å². The summed E-state index contributed by atoms with van der Waals surface area (Å²) >= 11 is 0. The zero-order valence-electron chi connectivity index (χ0n) is 15.8. The van der Waals surface area contributed by atoms with Crippen molar-refractivity contribution in [3.05, 3.63) is 54.0 Å². The van der Waals surface area contributed by atoms with E-state index in [4.69, 9.17) is 0 Å². The number of carbonyl (C=O) groups excluding carboxylic acids is 2. The van der Waals surface area contributed by atoms with Gasteiger partial charge in [-0.1, -0.05) is 25.0 Å². The first-order chi connectivity index (χ1) is 13.6. The number of imidazole rings is 1. The van der Waals surface area contributed by atoms with Crippen molar-refractivity contribution in [3.8, 4) is 0 Å². The van der Waals surface area contributed by atoms with E-state index in [-0.39, 0.29) is 11.8 Å². The number of hydrogen-bond acceptors (Lipinski definition) is 4. The third-order valence-electron chi connectivity index (χ3n) is 5.25. The normalized spacial score (nSPS) is 14.3. The Morgan fingerprint density at radius 1 is 1.14 bits per heavy atom. The number of hydrogen-bond donors (Lipinski definition) is 2. The predicted molar refractivity (Wildman–Crippen MR) is 107 cm³/mol. The molecule has 0 bridgehead atoms. The van der Waals surface area contributed by atoms with Gasteiger partial charge in [0.15, 0.2) is 5.65 Å². The van der Waals surface area contributed by atoms with Crippen LogP contribution in [0.25, 0.3) is 11.2 Å². The van der Waals surface area contributed by atoms with E-state index in [1.807, 2.05) is 18.5 Å². The smallest absolute Gasteiger partial charge is 0.257 e. The minimum atomic E-state index is -0.233. The van der Waals surface area contributed by atoms with Crippen LogP contribution in [0.15, 0.2) is 42.9 Å². The second-order valence-corrected chi connectivity index (χ2v) is 7.16. The van der Waals surface area contributed by atoms with Crippen molar-refractivity contribution in [1.82, 2.24) is 19.9 Å². The summed E-state index contributed by atoms with van der Waals surface area (Å²) in [5.74, 6) is -0.280. The highest BCUT2D eigenvalue weighted by Crippen LogP contribution is 2.31. The third kappa shape index (κ3) is 3.74. The van der Waals surface area contributed by atoms with Crippen LogP contribution in [0.2, 0.25) is 0 Å². The Balaban J connectivity index is 1.47. The van der Waals surface area contributed by atoms with E-state index in [9.17, 15) is 9.59 Å². The van der Waals surface area contributed by atoms with Gasteiger partial charge in [-0.05, 0) is 36.6 Å². The minimum Gasteiger partial charge on any atom is -0.359 e. The third-order valence-corrected chi connectivity index (χ3v) is 5.25. The van der Waals surface area contributed by atoms with E-state index < -0.39 is 0 Å². The van der Waals surface area contributed by atoms with E-state index in [1.54, 1.807) is 31.4 Å². The molecule has 2 N–H and O–H groups in total. The molecule has 7 heteroatoms. The Hall–Kier alpha value is -3.22. The Kier molecular flexibility index (Phi) is 5.06. The van der Waals surface area contributed by atoms with Crippen LogP contribution < -0.4 is 10.6 Å². The minimum absolute atomic E-state index is 0.0480. The highest BCUT2D eigenvalue weighted by molar-refractivity contribution is 6.05. The van der Waals surface area contributed by atoms with Gasteiger partial charge in [0.05, 0.1) is 18.3 Å². The van der Waals surface area contributed by atoms with Gasteiger partial charge in [-0.3, -0.25) is 9.59 Å². The monoisotopic (exact) mass is 377 g/mol. The van der Waals surface area contributed by atoms with Gasteiger partial charge in [-0.25, -0.2) is 9.97 Å². The molecule has 144 valence electrons. The molecule has 1 aliphatic rings. The van der Waals surface area contributed by atoms with Gasteiger partial charge in [0.1, 0.15) is 5.52 Å². The van der Waals surface area contributed by atoms with Crippen LogP contribution in [0.4, 0.5) is 5.69 Å². The van der Waals surface area contributed by atoms with Crippen molar-refractivity contribution in [2.45, 2.75) is 38.1 Å². The second-order valence-electron chi connectivity index (χ2n) is 7.16. The lowest BCUT2D eigenvalue weighted by Gasteiger charge is -2.11. The topological polar surface area (TPSA) is 88.9 Å². The van der Waals surface area contributed by atoms with Crippen molar-refractivity contribution < 1.29 is 9.59 Å². The van der Waals surface area contributed by atoms with Crippen LogP contribution in [0.5, 0.6) is 0 Å². The molecule has 3 aromatic rings. The molecule has 2 aromatic heterocycles. The number of nitrogens with zero attached hydrogens (tertiary/aromatic N) is 3. The second kappa shape index (κ2) is 7.80. The number of likely N-dealkylation sites (N-methyl/N-ethyl adjacent to an activating group) is 1. The van der Waals surface area contributed by atoms with Gasteiger partial charge in [-0.2, -0.15) is 0 Å². The Morgan fingerprint density at radius 3 is 2.61 bits per heavy atom. The molecule has 1 aliphatic carbocycles. The van der Waals surface area contributed by atoms with Crippen molar-refractivity contribution in [1.29, 1.82) is 0 Å².